The molecule has 0 bridgehead atoms. The van der Waals surface area contributed by atoms with Crippen LogP contribution in [0.4, 0.5) is 0 Å². The van der Waals surface area contributed by atoms with Crippen LogP contribution in [-0.4, -0.2) is 12.1 Å². The summed E-state index contributed by atoms with van der Waals surface area (Å²) in [5, 5.41) is 3.93. The third-order valence-corrected chi connectivity index (χ3v) is 4.92. The second-order valence-electron chi connectivity index (χ2n) is 7.16. The van der Waals surface area contributed by atoms with E-state index in [1.807, 2.05) is 0 Å². The Morgan fingerprint density at radius 2 is 1.75 bits per heavy atom. The van der Waals surface area contributed by atoms with Crippen LogP contribution in [0.25, 0.3) is 0 Å². The highest BCUT2D eigenvalue weighted by Crippen LogP contribution is 2.41. The van der Waals surface area contributed by atoms with Crippen molar-refractivity contribution in [2.24, 2.45) is 17.3 Å². The molecule has 0 aromatic rings. The fourth-order valence-electron chi connectivity index (χ4n) is 4.05. The van der Waals surface area contributed by atoms with Gasteiger partial charge in [-0.2, -0.15) is 0 Å². The lowest BCUT2D eigenvalue weighted by Crippen LogP contribution is -2.41. The van der Waals surface area contributed by atoms with Gasteiger partial charge >= 0.3 is 0 Å². The van der Waals surface area contributed by atoms with Gasteiger partial charge in [0.2, 0.25) is 0 Å². The largest absolute Gasteiger partial charge is 0.311 e. The van der Waals surface area contributed by atoms with Gasteiger partial charge in [0.1, 0.15) is 0 Å². The lowest BCUT2D eigenvalue weighted by Gasteiger charge is -2.27. The first kappa shape index (κ1) is 12.4. The van der Waals surface area contributed by atoms with Crippen molar-refractivity contribution in [1.29, 1.82) is 0 Å². The van der Waals surface area contributed by atoms with Gasteiger partial charge < -0.3 is 5.32 Å². The molecule has 0 aliphatic heterocycles. The molecule has 2 unspecified atom stereocenters. The minimum absolute atomic E-state index is 0.562. The fourth-order valence-corrected chi connectivity index (χ4v) is 4.05. The summed E-state index contributed by atoms with van der Waals surface area (Å²) in [6.07, 6.45) is 8.59. The van der Waals surface area contributed by atoms with Gasteiger partial charge in [0, 0.05) is 12.1 Å². The summed E-state index contributed by atoms with van der Waals surface area (Å²) in [7, 11) is 0. The van der Waals surface area contributed by atoms with E-state index in [0.717, 1.165) is 23.9 Å². The Bertz CT molecular complexity index is 228. The molecule has 3 atom stereocenters. The van der Waals surface area contributed by atoms with Crippen LogP contribution in [0.1, 0.15) is 66.2 Å². The van der Waals surface area contributed by atoms with Crippen molar-refractivity contribution < 1.29 is 0 Å². The smallest absolute Gasteiger partial charge is 0.0101 e. The molecule has 2 saturated carbocycles. The number of rotatable bonds is 3. The van der Waals surface area contributed by atoms with Crippen molar-refractivity contribution in [3.8, 4) is 0 Å². The van der Waals surface area contributed by atoms with E-state index < -0.39 is 0 Å². The third kappa shape index (κ3) is 2.80. The standard InChI is InChI=1S/C15H29N/c1-11-9-15(3,4)10-14(11)16-12(2)13-7-5-6-8-13/h11-14,16H,5-10H2,1-4H3/t11?,12-,14?/m1/s1. The number of nitrogens with one attached hydrogen (secondary N) is 1. The van der Waals surface area contributed by atoms with Crippen molar-refractivity contribution >= 4 is 0 Å². The molecule has 0 saturated heterocycles. The van der Waals surface area contributed by atoms with Crippen LogP contribution in [0.2, 0.25) is 0 Å². The summed E-state index contributed by atoms with van der Waals surface area (Å²) in [5.74, 6) is 1.81. The topological polar surface area (TPSA) is 12.0 Å². The highest BCUT2D eigenvalue weighted by atomic mass is 15.0. The lowest BCUT2D eigenvalue weighted by atomic mass is 9.91. The first-order chi connectivity index (χ1) is 7.48. The van der Waals surface area contributed by atoms with Crippen LogP contribution >= 0.6 is 0 Å². The minimum Gasteiger partial charge on any atom is -0.311 e. The van der Waals surface area contributed by atoms with E-state index in [-0.39, 0.29) is 0 Å². The summed E-state index contributed by atoms with van der Waals surface area (Å²) in [5.41, 5.74) is 0.562. The molecular formula is C15H29N. The maximum absolute atomic E-state index is 3.93. The number of hydrogen-bond donors (Lipinski definition) is 1. The van der Waals surface area contributed by atoms with Crippen molar-refractivity contribution in [3.63, 3.8) is 0 Å². The molecule has 1 N–H and O–H groups in total. The molecule has 1 nitrogen and oxygen atoms in total. The molecule has 2 fully saturated rings. The Labute approximate surface area is 101 Å². The second kappa shape index (κ2) is 4.68. The number of hydrogen-bond acceptors (Lipinski definition) is 1. The zero-order valence-electron chi connectivity index (χ0n) is 11.6. The molecule has 0 heterocycles. The average Bonchev–Trinajstić information content (AvgIpc) is 2.74. The first-order valence-corrected chi connectivity index (χ1v) is 7.24. The second-order valence-corrected chi connectivity index (χ2v) is 7.16. The Morgan fingerprint density at radius 3 is 2.25 bits per heavy atom. The van der Waals surface area contributed by atoms with E-state index in [2.05, 4.69) is 33.0 Å². The van der Waals surface area contributed by atoms with Crippen molar-refractivity contribution in [2.45, 2.75) is 78.3 Å². The van der Waals surface area contributed by atoms with Crippen LogP contribution in [0.15, 0.2) is 0 Å². The molecule has 16 heavy (non-hydrogen) atoms. The van der Waals surface area contributed by atoms with Gasteiger partial charge in [0.15, 0.2) is 0 Å². The van der Waals surface area contributed by atoms with E-state index in [4.69, 9.17) is 0 Å². The quantitative estimate of drug-likeness (QED) is 0.763. The molecule has 2 rings (SSSR count). The molecule has 0 aromatic heterocycles. The molecule has 2 aliphatic carbocycles. The van der Waals surface area contributed by atoms with Crippen LogP contribution in [0.3, 0.4) is 0 Å². The van der Waals surface area contributed by atoms with E-state index in [1.54, 1.807) is 0 Å². The first-order valence-electron chi connectivity index (χ1n) is 7.24. The maximum atomic E-state index is 3.93. The van der Waals surface area contributed by atoms with Crippen molar-refractivity contribution in [1.82, 2.24) is 5.32 Å². The summed E-state index contributed by atoms with van der Waals surface area (Å²) in [6.45, 7) is 9.68. The summed E-state index contributed by atoms with van der Waals surface area (Å²) >= 11 is 0. The maximum Gasteiger partial charge on any atom is 0.0101 e. The van der Waals surface area contributed by atoms with Crippen molar-refractivity contribution in [2.75, 3.05) is 0 Å². The normalized spacial score (nSPS) is 36.8. The minimum atomic E-state index is 0.562. The highest BCUT2D eigenvalue weighted by Gasteiger charge is 2.37. The SMILES string of the molecule is CC1CC(C)(C)CC1N[C@H](C)C1CCCC1. The van der Waals surface area contributed by atoms with Gasteiger partial charge in [-0.25, -0.2) is 0 Å². The highest BCUT2D eigenvalue weighted by molar-refractivity contribution is 4.93. The zero-order valence-corrected chi connectivity index (χ0v) is 11.6. The van der Waals surface area contributed by atoms with Gasteiger partial charge in [-0.3, -0.25) is 0 Å². The average molecular weight is 223 g/mol. The third-order valence-electron chi connectivity index (χ3n) is 4.92. The van der Waals surface area contributed by atoms with Gasteiger partial charge in [0.25, 0.3) is 0 Å². The predicted octanol–water partition coefficient (Wildman–Crippen LogP) is 3.98. The Morgan fingerprint density at radius 1 is 1.12 bits per heavy atom. The monoisotopic (exact) mass is 223 g/mol. The van der Waals surface area contributed by atoms with Gasteiger partial charge in [-0.15, -0.1) is 0 Å². The van der Waals surface area contributed by atoms with Crippen LogP contribution < -0.4 is 5.32 Å². The predicted molar refractivity (Wildman–Crippen MR) is 70.5 cm³/mol. The van der Waals surface area contributed by atoms with Crippen molar-refractivity contribution in [3.05, 3.63) is 0 Å². The summed E-state index contributed by atoms with van der Waals surface area (Å²) in [6, 6.07) is 1.51. The zero-order chi connectivity index (χ0) is 11.8. The van der Waals surface area contributed by atoms with Crippen LogP contribution in [-0.2, 0) is 0 Å². The molecule has 1 heteroatoms. The summed E-state index contributed by atoms with van der Waals surface area (Å²) in [4.78, 5) is 0. The van der Waals surface area contributed by atoms with E-state index in [1.165, 1.54) is 38.5 Å². The van der Waals surface area contributed by atoms with Gasteiger partial charge in [-0.1, -0.05) is 33.6 Å². The molecule has 0 radical (unpaired) electrons. The van der Waals surface area contributed by atoms with Crippen LogP contribution in [0.5, 0.6) is 0 Å². The van der Waals surface area contributed by atoms with E-state index in [9.17, 15) is 0 Å². The van der Waals surface area contributed by atoms with E-state index >= 15 is 0 Å². The molecule has 0 spiro atoms. The molecule has 0 aromatic carbocycles. The van der Waals surface area contributed by atoms with Crippen LogP contribution in [0, 0.1) is 17.3 Å². The molecule has 0 amide bonds. The van der Waals surface area contributed by atoms with Gasteiger partial charge in [0.05, 0.1) is 0 Å². The Hall–Kier alpha value is -0.0400. The van der Waals surface area contributed by atoms with Gasteiger partial charge in [-0.05, 0) is 49.9 Å². The summed E-state index contributed by atoms with van der Waals surface area (Å²) < 4.78 is 0. The Balaban J connectivity index is 1.85. The molecule has 94 valence electrons. The molecule has 2 aliphatic rings. The van der Waals surface area contributed by atoms with E-state index in [0.29, 0.717) is 5.41 Å². The Kier molecular flexibility index (Phi) is 3.63. The molecular weight excluding hydrogens is 194 g/mol. The lowest BCUT2D eigenvalue weighted by molar-refractivity contribution is 0.305. The fraction of sp³-hybridized carbons (Fsp3) is 1.00.